The third-order valence-electron chi connectivity index (χ3n) is 3.38. The molecule has 0 unspecified atom stereocenters. The molecule has 1 aliphatic carbocycles. The van der Waals surface area contributed by atoms with Crippen LogP contribution in [-0.2, 0) is 0 Å². The third-order valence-corrected chi connectivity index (χ3v) is 3.38. The van der Waals surface area contributed by atoms with Crippen molar-refractivity contribution >= 4 is 16.9 Å². The number of nitrogens with zero attached hydrogens (tertiary/aromatic N) is 1. The highest BCUT2D eigenvalue weighted by Gasteiger charge is 2.12. The number of carbonyl (C=O) groups is 1. The Morgan fingerprint density at radius 3 is 2.91 bits per heavy atom. The number of nitrogens with one attached hydrogen (secondary N) is 2. The second-order valence-corrected chi connectivity index (χ2v) is 4.89. The van der Waals surface area contributed by atoms with Crippen molar-refractivity contribution in [1.82, 2.24) is 15.3 Å². The number of H-pyrrole nitrogens is 1. The first kappa shape index (κ1) is 16.7. The summed E-state index contributed by atoms with van der Waals surface area (Å²) < 4.78 is 0. The smallest absolute Gasteiger partial charge is 0.262 e. The summed E-state index contributed by atoms with van der Waals surface area (Å²) in [6.45, 7) is 4.43. The number of rotatable bonds is 3. The molecule has 120 valence electrons. The molecule has 0 saturated carbocycles. The number of fused-ring (bicyclic) bond motifs is 1. The van der Waals surface area contributed by atoms with Crippen LogP contribution in [0.5, 0.6) is 0 Å². The van der Waals surface area contributed by atoms with Gasteiger partial charge in [0.25, 0.3) is 11.5 Å². The number of hydrogen-bond acceptors (Lipinski definition) is 3. The highest BCUT2D eigenvalue weighted by atomic mass is 16.2. The van der Waals surface area contributed by atoms with Crippen LogP contribution in [0.1, 0.15) is 37.0 Å². The number of pyridine rings is 2. The quantitative estimate of drug-likeness (QED) is 0.915. The Morgan fingerprint density at radius 1 is 1.35 bits per heavy atom. The van der Waals surface area contributed by atoms with Crippen molar-refractivity contribution in [2.45, 2.75) is 26.7 Å². The van der Waals surface area contributed by atoms with E-state index in [9.17, 15) is 9.59 Å². The molecule has 0 radical (unpaired) electrons. The van der Waals surface area contributed by atoms with E-state index in [1.165, 1.54) is 0 Å². The summed E-state index contributed by atoms with van der Waals surface area (Å²) in [7, 11) is 0. The summed E-state index contributed by atoms with van der Waals surface area (Å²) in [5.41, 5.74) is 1.23. The van der Waals surface area contributed by atoms with Gasteiger partial charge in [-0.05, 0) is 36.6 Å². The van der Waals surface area contributed by atoms with Gasteiger partial charge in [0.15, 0.2) is 0 Å². The molecule has 0 aliphatic heterocycles. The molecular formula is C18H21N3O2. The van der Waals surface area contributed by atoms with Crippen molar-refractivity contribution in [3.8, 4) is 0 Å². The summed E-state index contributed by atoms with van der Waals surface area (Å²) in [4.78, 5) is 30.8. The minimum atomic E-state index is -0.424. The molecule has 5 heteroatoms. The fraction of sp³-hybridized carbons (Fsp3) is 0.278. The fourth-order valence-electron chi connectivity index (χ4n) is 2.28. The Morgan fingerprint density at radius 2 is 2.17 bits per heavy atom. The van der Waals surface area contributed by atoms with Gasteiger partial charge in [0.2, 0.25) is 0 Å². The topological polar surface area (TPSA) is 74.8 Å². The van der Waals surface area contributed by atoms with Crippen LogP contribution in [-0.4, -0.2) is 22.4 Å². The number of allylic oxidation sites excluding steroid dienone is 2. The van der Waals surface area contributed by atoms with Gasteiger partial charge in [-0.3, -0.25) is 9.59 Å². The molecule has 1 amide bonds. The van der Waals surface area contributed by atoms with Gasteiger partial charge in [-0.2, -0.15) is 0 Å². The molecule has 2 heterocycles. The Labute approximate surface area is 135 Å². The maximum absolute atomic E-state index is 12.1. The minimum absolute atomic E-state index is 0.107. The Hall–Kier alpha value is -2.69. The molecule has 0 aromatic carbocycles. The van der Waals surface area contributed by atoms with Crippen LogP contribution < -0.4 is 10.9 Å². The number of aromatic nitrogens is 2. The van der Waals surface area contributed by atoms with Crippen molar-refractivity contribution in [2.24, 2.45) is 0 Å². The molecule has 3 rings (SSSR count). The molecule has 2 aromatic rings. The van der Waals surface area contributed by atoms with E-state index < -0.39 is 5.56 Å². The first-order chi connectivity index (χ1) is 11.2. The van der Waals surface area contributed by atoms with Crippen molar-refractivity contribution in [3.63, 3.8) is 0 Å². The van der Waals surface area contributed by atoms with Gasteiger partial charge >= 0.3 is 0 Å². The van der Waals surface area contributed by atoms with Gasteiger partial charge in [-0.25, -0.2) is 4.98 Å². The SMILES string of the molecule is CC.O=C(NCC1=CCCC=C1)c1cc2cccnc2[nH]c1=O. The monoisotopic (exact) mass is 311 g/mol. The third kappa shape index (κ3) is 4.16. The Balaban J connectivity index is 0.000000924. The van der Waals surface area contributed by atoms with Crippen LogP contribution in [0.4, 0.5) is 0 Å². The van der Waals surface area contributed by atoms with Crippen molar-refractivity contribution in [3.05, 3.63) is 64.1 Å². The Bertz CT molecular complexity index is 803. The van der Waals surface area contributed by atoms with Crippen molar-refractivity contribution < 1.29 is 4.79 Å². The van der Waals surface area contributed by atoms with Gasteiger partial charge in [0, 0.05) is 18.1 Å². The molecule has 0 spiro atoms. The molecule has 0 fully saturated rings. The average molecular weight is 311 g/mol. The van der Waals surface area contributed by atoms with E-state index in [4.69, 9.17) is 0 Å². The van der Waals surface area contributed by atoms with E-state index in [1.54, 1.807) is 24.4 Å². The predicted molar refractivity (Wildman–Crippen MR) is 92.5 cm³/mol. The zero-order chi connectivity index (χ0) is 16.7. The molecule has 0 saturated heterocycles. The summed E-state index contributed by atoms with van der Waals surface area (Å²) in [5, 5.41) is 3.51. The molecule has 2 N–H and O–H groups in total. The van der Waals surface area contributed by atoms with Gasteiger partial charge < -0.3 is 10.3 Å². The zero-order valence-electron chi connectivity index (χ0n) is 13.4. The van der Waals surface area contributed by atoms with E-state index in [0.29, 0.717) is 12.2 Å². The second-order valence-electron chi connectivity index (χ2n) is 4.89. The van der Waals surface area contributed by atoms with Crippen LogP contribution in [0.2, 0.25) is 0 Å². The molecule has 0 bridgehead atoms. The fourth-order valence-corrected chi connectivity index (χ4v) is 2.28. The minimum Gasteiger partial charge on any atom is -0.348 e. The lowest BCUT2D eigenvalue weighted by Crippen LogP contribution is -2.31. The molecule has 2 aromatic heterocycles. The number of aromatic amines is 1. The first-order valence-electron chi connectivity index (χ1n) is 7.86. The van der Waals surface area contributed by atoms with Gasteiger partial charge in [0.1, 0.15) is 11.2 Å². The van der Waals surface area contributed by atoms with E-state index >= 15 is 0 Å². The highest BCUT2D eigenvalue weighted by Crippen LogP contribution is 2.09. The van der Waals surface area contributed by atoms with Crippen LogP contribution in [0.15, 0.2) is 53.0 Å². The predicted octanol–water partition coefficient (Wildman–Crippen LogP) is 2.96. The standard InChI is InChI=1S/C16H15N3O2.C2H6/c20-15(18-10-11-5-2-1-3-6-11)13-9-12-7-4-8-17-14(12)19-16(13)21;1-2/h2,4-9H,1,3,10H2,(H,18,20)(H,17,19,21);1-2H3. The van der Waals surface area contributed by atoms with E-state index in [-0.39, 0.29) is 11.5 Å². The zero-order valence-corrected chi connectivity index (χ0v) is 13.4. The largest absolute Gasteiger partial charge is 0.348 e. The lowest BCUT2D eigenvalue weighted by atomic mass is 10.1. The first-order valence-corrected chi connectivity index (χ1v) is 7.86. The second kappa shape index (κ2) is 8.08. The number of carbonyl (C=O) groups excluding carboxylic acids is 1. The Kier molecular flexibility index (Phi) is 5.86. The normalized spacial score (nSPS) is 13.0. The average Bonchev–Trinajstić information content (AvgIpc) is 2.61. The van der Waals surface area contributed by atoms with E-state index in [1.807, 2.05) is 19.9 Å². The summed E-state index contributed by atoms with van der Waals surface area (Å²) >= 11 is 0. The highest BCUT2D eigenvalue weighted by molar-refractivity contribution is 5.96. The molecule has 0 atom stereocenters. The molecule has 1 aliphatic rings. The summed E-state index contributed by atoms with van der Waals surface area (Å²) in [5.74, 6) is -0.373. The molecule has 5 nitrogen and oxygen atoms in total. The molecular weight excluding hydrogens is 290 g/mol. The molecule has 23 heavy (non-hydrogen) atoms. The van der Waals surface area contributed by atoms with Gasteiger partial charge in [0.05, 0.1) is 0 Å². The lowest BCUT2D eigenvalue weighted by Gasteiger charge is -2.09. The lowest BCUT2D eigenvalue weighted by molar-refractivity contribution is 0.0956. The maximum atomic E-state index is 12.1. The number of hydrogen-bond donors (Lipinski definition) is 2. The van der Waals surface area contributed by atoms with Gasteiger partial charge in [-0.1, -0.05) is 32.1 Å². The van der Waals surface area contributed by atoms with Crippen molar-refractivity contribution in [1.29, 1.82) is 0 Å². The van der Waals surface area contributed by atoms with Crippen LogP contribution in [0.3, 0.4) is 0 Å². The van der Waals surface area contributed by atoms with Crippen molar-refractivity contribution in [2.75, 3.05) is 6.54 Å². The van der Waals surface area contributed by atoms with Crippen LogP contribution in [0, 0.1) is 0 Å². The summed E-state index contributed by atoms with van der Waals surface area (Å²) in [6, 6.07) is 5.14. The van der Waals surface area contributed by atoms with Crippen LogP contribution in [0.25, 0.3) is 11.0 Å². The van der Waals surface area contributed by atoms with E-state index in [0.717, 1.165) is 23.8 Å². The number of amides is 1. The van der Waals surface area contributed by atoms with E-state index in [2.05, 4.69) is 27.4 Å². The van der Waals surface area contributed by atoms with Crippen LogP contribution >= 0.6 is 0 Å². The van der Waals surface area contributed by atoms with Gasteiger partial charge in [-0.15, -0.1) is 0 Å². The maximum Gasteiger partial charge on any atom is 0.262 e. The summed E-state index contributed by atoms with van der Waals surface area (Å²) in [6.07, 6.45) is 9.79.